The second-order valence-electron chi connectivity index (χ2n) is 13.8. The van der Waals surface area contributed by atoms with Gasteiger partial charge in [0.05, 0.1) is 11.7 Å². The summed E-state index contributed by atoms with van der Waals surface area (Å²) in [6.45, 7) is 14.3. The summed E-state index contributed by atoms with van der Waals surface area (Å²) >= 11 is 1.39. The molecule has 3 amide bonds. The molecule has 1 aromatic carbocycles. The van der Waals surface area contributed by atoms with Crippen LogP contribution in [0.1, 0.15) is 119 Å². The van der Waals surface area contributed by atoms with E-state index in [1.165, 1.54) is 11.3 Å². The Balaban J connectivity index is 1.54. The van der Waals surface area contributed by atoms with E-state index in [0.717, 1.165) is 50.6 Å². The molecule has 0 aliphatic carbocycles. The Morgan fingerprint density at radius 1 is 1.10 bits per heavy atom. The topological polar surface area (TPSA) is 157 Å². The predicted octanol–water partition coefficient (Wildman–Crippen LogP) is 6.00. The normalized spacial score (nSPS) is 17.5. The van der Waals surface area contributed by atoms with E-state index in [1.54, 1.807) is 5.38 Å². The van der Waals surface area contributed by atoms with Gasteiger partial charge in [-0.1, -0.05) is 90.8 Å². The number of H-pyrrole nitrogens is 2. The van der Waals surface area contributed by atoms with E-state index in [9.17, 15) is 14.4 Å². The van der Waals surface area contributed by atoms with Gasteiger partial charge >= 0.3 is 0 Å². The lowest BCUT2D eigenvalue weighted by Gasteiger charge is -2.39. The van der Waals surface area contributed by atoms with Crippen LogP contribution in [0.25, 0.3) is 5.70 Å². The number of carbonyl (C=O) groups is 3. The number of nitrogens with one attached hydrogen (secondary N) is 5. The van der Waals surface area contributed by atoms with E-state index < -0.39 is 12.1 Å². The minimum absolute atomic E-state index is 0.0344. The molecule has 3 heterocycles. The van der Waals surface area contributed by atoms with Crippen LogP contribution < -0.4 is 16.0 Å². The lowest BCUT2D eigenvalue weighted by atomic mass is 9.92. The number of aromatic nitrogens is 4. The van der Waals surface area contributed by atoms with E-state index in [2.05, 4.69) is 66.0 Å². The van der Waals surface area contributed by atoms with E-state index in [0.29, 0.717) is 42.5 Å². The van der Waals surface area contributed by atoms with Crippen molar-refractivity contribution in [2.75, 3.05) is 19.7 Å². The summed E-state index contributed by atoms with van der Waals surface area (Å²) in [5, 5.41) is 21.6. The molecule has 1 fully saturated rings. The van der Waals surface area contributed by atoms with Crippen LogP contribution in [0.5, 0.6) is 0 Å². The van der Waals surface area contributed by atoms with Crippen molar-refractivity contribution < 1.29 is 19.1 Å². The molecule has 5 atom stereocenters. The molecule has 1 aliphatic rings. The molecule has 2 aromatic heterocycles. The first kappa shape index (κ1) is 40.0. The second-order valence-corrected chi connectivity index (χ2v) is 14.7. The molecule has 4 rings (SSSR count). The molecular weight excluding hydrogens is 665 g/mol. The maximum atomic E-state index is 14.5. The quantitative estimate of drug-likeness (QED) is 0.0958. The number of hydrogen-bond donors (Lipinski definition) is 5. The number of ether oxygens (including phenoxy) is 1. The van der Waals surface area contributed by atoms with Gasteiger partial charge in [0.2, 0.25) is 11.8 Å². The number of aromatic amines is 2. The number of benzene rings is 1. The Hall–Kier alpha value is -3.81. The number of rotatable bonds is 20. The number of hydrogen-bond acceptors (Lipinski definition) is 8. The van der Waals surface area contributed by atoms with E-state index in [4.69, 9.17) is 9.72 Å². The van der Waals surface area contributed by atoms with Crippen molar-refractivity contribution in [3.05, 3.63) is 63.9 Å². The third kappa shape index (κ3) is 11.3. The molecule has 51 heavy (non-hydrogen) atoms. The lowest BCUT2D eigenvalue weighted by Crippen LogP contribution is -2.58. The molecular formula is C38H58N8O4S. The van der Waals surface area contributed by atoms with Gasteiger partial charge in [0.1, 0.15) is 22.8 Å². The second kappa shape index (κ2) is 20.3. The minimum Gasteiger partial charge on any atom is -0.371 e. The molecule has 280 valence electrons. The van der Waals surface area contributed by atoms with E-state index >= 15 is 0 Å². The zero-order chi connectivity index (χ0) is 36.8. The van der Waals surface area contributed by atoms with E-state index in [1.807, 2.05) is 48.2 Å². The molecule has 0 radical (unpaired) electrons. The van der Waals surface area contributed by atoms with Gasteiger partial charge in [-0.3, -0.25) is 19.5 Å². The zero-order valence-corrected chi connectivity index (χ0v) is 32.0. The third-order valence-corrected chi connectivity index (χ3v) is 10.5. The van der Waals surface area contributed by atoms with Crippen molar-refractivity contribution in [2.24, 2.45) is 11.8 Å². The maximum Gasteiger partial charge on any atom is 0.275 e. The highest BCUT2D eigenvalue weighted by atomic mass is 32.1. The third-order valence-electron chi connectivity index (χ3n) is 9.56. The highest BCUT2D eigenvalue weighted by Gasteiger charge is 2.37. The Kier molecular flexibility index (Phi) is 15.9. The van der Waals surface area contributed by atoms with Gasteiger partial charge in [-0.25, -0.2) is 10.2 Å². The van der Waals surface area contributed by atoms with Crippen molar-refractivity contribution >= 4 is 34.8 Å². The molecule has 0 bridgehead atoms. The fraction of sp³-hybridized carbons (Fsp3) is 0.605. The average Bonchev–Trinajstić information content (AvgIpc) is 3.62. The van der Waals surface area contributed by atoms with Crippen LogP contribution in [-0.2, 0) is 20.7 Å². The first-order valence-corrected chi connectivity index (χ1v) is 19.6. The fourth-order valence-corrected chi connectivity index (χ4v) is 7.22. The molecule has 3 aromatic rings. The first-order valence-electron chi connectivity index (χ1n) is 18.7. The highest BCUT2D eigenvalue weighted by molar-refractivity contribution is 7.09. The molecule has 13 heteroatoms. The maximum absolute atomic E-state index is 14.5. The highest BCUT2D eigenvalue weighted by Crippen LogP contribution is 2.32. The van der Waals surface area contributed by atoms with Crippen LogP contribution in [0.2, 0.25) is 0 Å². The number of nitrogens with zero attached hydrogens (tertiary/aromatic N) is 3. The predicted molar refractivity (Wildman–Crippen MR) is 202 cm³/mol. The Morgan fingerprint density at radius 2 is 1.86 bits per heavy atom. The molecule has 5 N–H and O–H groups in total. The van der Waals surface area contributed by atoms with Gasteiger partial charge in [-0.2, -0.15) is 0 Å². The van der Waals surface area contributed by atoms with Crippen LogP contribution in [-0.4, -0.2) is 80.8 Å². The van der Waals surface area contributed by atoms with Crippen molar-refractivity contribution in [3.8, 4) is 0 Å². The Morgan fingerprint density at radius 3 is 2.47 bits per heavy atom. The summed E-state index contributed by atoms with van der Waals surface area (Å²) in [6.07, 6.45) is 7.82. The summed E-state index contributed by atoms with van der Waals surface area (Å²) in [5.74, 6) is 0.114. The number of piperidine rings is 1. The Bertz CT molecular complexity index is 1520. The summed E-state index contributed by atoms with van der Waals surface area (Å²) in [7, 11) is 0. The van der Waals surface area contributed by atoms with Crippen molar-refractivity contribution in [1.82, 2.24) is 41.2 Å². The molecule has 1 aliphatic heterocycles. The van der Waals surface area contributed by atoms with Crippen molar-refractivity contribution in [3.63, 3.8) is 0 Å². The van der Waals surface area contributed by atoms with Crippen LogP contribution in [0, 0.1) is 11.8 Å². The number of allylic oxidation sites excluding steroid dienone is 1. The lowest BCUT2D eigenvalue weighted by molar-refractivity contribution is -0.142. The van der Waals surface area contributed by atoms with Crippen LogP contribution >= 0.6 is 11.3 Å². The summed E-state index contributed by atoms with van der Waals surface area (Å²) in [4.78, 5) is 48.1. The molecule has 5 unspecified atom stereocenters. The summed E-state index contributed by atoms with van der Waals surface area (Å²) < 4.78 is 6.42. The summed E-state index contributed by atoms with van der Waals surface area (Å²) in [6, 6.07) is 8.91. The SMILES string of the molecule is CCCOC(CC(C(C)C)N(CCC)C(=O)C(NC(=O)C1CCCCN1)C(C)CC)c1nc(C(=O)N/C(=C/Cc2ccccc2)c2n[nH][nH]2)cs1. The van der Waals surface area contributed by atoms with Gasteiger partial charge in [0.25, 0.3) is 5.91 Å². The molecule has 0 saturated carbocycles. The van der Waals surface area contributed by atoms with Crippen LogP contribution in [0.3, 0.4) is 0 Å². The van der Waals surface area contributed by atoms with Gasteiger partial charge < -0.3 is 25.6 Å². The average molecular weight is 723 g/mol. The number of amides is 3. The Labute approximate surface area is 307 Å². The smallest absolute Gasteiger partial charge is 0.275 e. The molecule has 0 spiro atoms. The van der Waals surface area contributed by atoms with Crippen LogP contribution in [0.15, 0.2) is 41.8 Å². The number of carbonyl (C=O) groups excluding carboxylic acids is 3. The standard InChI is InChI=1S/C38H58N8O4S/c1-7-21-46(38(49)33(26(6)9-3)42-35(47)29-17-13-14-20-39-29)31(25(4)5)23-32(50-22-8-2)37-41-30(24-51-37)36(48)40-28(34-43-45-44-34)19-18-27-15-11-10-12-16-27/h10-12,15-16,19,24-26,29,31-33,39,45H,7-9,13-14,17-18,20-23H2,1-6H3,(H,40,48)(H,42,47)(H,43,44)/b28-19+. The molecule has 1 saturated heterocycles. The number of thiazole rings is 1. The largest absolute Gasteiger partial charge is 0.371 e. The molecule has 12 nitrogen and oxygen atoms in total. The summed E-state index contributed by atoms with van der Waals surface area (Å²) in [5.41, 5.74) is 1.96. The van der Waals surface area contributed by atoms with Crippen molar-refractivity contribution in [1.29, 1.82) is 0 Å². The minimum atomic E-state index is -0.627. The fourth-order valence-electron chi connectivity index (χ4n) is 6.36. The van der Waals surface area contributed by atoms with Gasteiger partial charge in [0, 0.05) is 31.0 Å². The van der Waals surface area contributed by atoms with Gasteiger partial charge in [-0.15, -0.1) is 16.4 Å². The monoisotopic (exact) mass is 722 g/mol. The van der Waals surface area contributed by atoms with Crippen molar-refractivity contribution in [2.45, 2.75) is 117 Å². The zero-order valence-electron chi connectivity index (χ0n) is 31.2. The van der Waals surface area contributed by atoms with Crippen LogP contribution in [0.4, 0.5) is 0 Å². The van der Waals surface area contributed by atoms with E-state index in [-0.39, 0.29) is 47.3 Å². The van der Waals surface area contributed by atoms with Gasteiger partial charge in [-0.05, 0) is 56.0 Å². The first-order chi connectivity index (χ1) is 24.7. The van der Waals surface area contributed by atoms with Gasteiger partial charge in [0.15, 0.2) is 5.82 Å².